The van der Waals surface area contributed by atoms with E-state index in [1.54, 1.807) is 6.08 Å². The molecule has 0 aromatic carbocycles. The van der Waals surface area contributed by atoms with Crippen molar-refractivity contribution in [2.45, 2.75) is 44.6 Å². The average Bonchev–Trinajstić information content (AvgIpc) is 2.19. The maximum atomic E-state index is 11.2. The number of carbonyl (C=O) groups is 1. The number of ketones is 1. The topological polar surface area (TPSA) is 29.1 Å². The molecule has 1 fully saturated rings. The summed E-state index contributed by atoms with van der Waals surface area (Å²) in [4.78, 5) is 11.2. The van der Waals surface area contributed by atoms with E-state index in [1.807, 2.05) is 6.20 Å². The summed E-state index contributed by atoms with van der Waals surface area (Å²) in [7, 11) is 0. The highest BCUT2D eigenvalue weighted by Gasteiger charge is 2.25. The van der Waals surface area contributed by atoms with Gasteiger partial charge in [-0.25, -0.2) is 0 Å². The van der Waals surface area contributed by atoms with Crippen molar-refractivity contribution >= 4 is 5.78 Å². The van der Waals surface area contributed by atoms with Gasteiger partial charge in [0, 0.05) is 18.7 Å². The highest BCUT2D eigenvalue weighted by atomic mass is 16.1. The molecular weight excluding hydrogens is 162 g/mol. The Kier molecular flexibility index (Phi) is 2.67. The number of hydrogen-bond acceptors (Lipinski definition) is 2. The molecule has 13 heavy (non-hydrogen) atoms. The largest absolute Gasteiger partial charge is 0.387 e. The van der Waals surface area contributed by atoms with E-state index in [2.05, 4.69) is 5.32 Å². The number of carbonyl (C=O) groups excluding carboxylic acids is 1. The van der Waals surface area contributed by atoms with E-state index < -0.39 is 0 Å². The van der Waals surface area contributed by atoms with Crippen LogP contribution in [-0.4, -0.2) is 11.8 Å². The van der Waals surface area contributed by atoms with Crippen molar-refractivity contribution in [3.8, 4) is 0 Å². The summed E-state index contributed by atoms with van der Waals surface area (Å²) < 4.78 is 0. The molecule has 1 N–H and O–H groups in total. The highest BCUT2D eigenvalue weighted by Crippen LogP contribution is 2.28. The Morgan fingerprint density at radius 1 is 1.23 bits per heavy atom. The lowest BCUT2D eigenvalue weighted by atomic mass is 9.81. The third kappa shape index (κ3) is 2.11. The third-order valence-corrected chi connectivity index (χ3v) is 3.22. The molecule has 2 nitrogen and oxygen atoms in total. The standard InChI is InChI=1S/C11H17NO/c13-10-6-7-12-11(8-10)9-4-2-1-3-5-9/h6-7,9,11-12H,1-5,8H2/t11-/m0/s1. The van der Waals surface area contributed by atoms with E-state index in [0.717, 1.165) is 5.92 Å². The summed E-state index contributed by atoms with van der Waals surface area (Å²) in [5, 5.41) is 3.32. The van der Waals surface area contributed by atoms with E-state index in [4.69, 9.17) is 0 Å². The molecule has 72 valence electrons. The normalized spacial score (nSPS) is 30.2. The molecule has 0 bridgehead atoms. The van der Waals surface area contributed by atoms with Crippen LogP contribution in [0, 0.1) is 5.92 Å². The van der Waals surface area contributed by atoms with Crippen molar-refractivity contribution in [2.75, 3.05) is 0 Å². The zero-order valence-corrected chi connectivity index (χ0v) is 7.96. The molecule has 0 amide bonds. The Bertz CT molecular complexity index is 216. The van der Waals surface area contributed by atoms with E-state index in [0.29, 0.717) is 12.5 Å². The summed E-state index contributed by atoms with van der Waals surface area (Å²) in [6.45, 7) is 0. The van der Waals surface area contributed by atoms with Gasteiger partial charge in [-0.05, 0) is 24.8 Å². The maximum absolute atomic E-state index is 11.2. The van der Waals surface area contributed by atoms with Gasteiger partial charge < -0.3 is 5.32 Å². The van der Waals surface area contributed by atoms with Crippen LogP contribution in [0.5, 0.6) is 0 Å². The summed E-state index contributed by atoms with van der Waals surface area (Å²) in [6, 6.07) is 0.429. The van der Waals surface area contributed by atoms with E-state index >= 15 is 0 Å². The molecule has 0 radical (unpaired) electrons. The number of hydrogen-bond donors (Lipinski definition) is 1. The molecular formula is C11H17NO. The quantitative estimate of drug-likeness (QED) is 0.667. The summed E-state index contributed by atoms with van der Waals surface area (Å²) in [5.41, 5.74) is 0. The van der Waals surface area contributed by atoms with Crippen molar-refractivity contribution in [1.82, 2.24) is 5.32 Å². The van der Waals surface area contributed by atoms with Gasteiger partial charge in [0.05, 0.1) is 0 Å². The molecule has 0 spiro atoms. The van der Waals surface area contributed by atoms with Crippen LogP contribution in [0.4, 0.5) is 0 Å². The van der Waals surface area contributed by atoms with Crippen LogP contribution in [0.3, 0.4) is 0 Å². The molecule has 0 aromatic heterocycles. The summed E-state index contributed by atoms with van der Waals surface area (Å²) >= 11 is 0. The SMILES string of the molecule is O=C1C=CN[C@H](C2CCCCC2)C1. The minimum atomic E-state index is 0.286. The van der Waals surface area contributed by atoms with Gasteiger partial charge in [0.1, 0.15) is 0 Å². The monoisotopic (exact) mass is 179 g/mol. The minimum Gasteiger partial charge on any atom is -0.387 e. The number of rotatable bonds is 1. The van der Waals surface area contributed by atoms with Crippen LogP contribution in [0.15, 0.2) is 12.3 Å². The predicted molar refractivity (Wildman–Crippen MR) is 52.3 cm³/mol. The molecule has 1 aliphatic heterocycles. The molecule has 1 atom stereocenters. The second-order valence-electron chi connectivity index (χ2n) is 4.18. The molecule has 0 aromatic rings. The fraction of sp³-hybridized carbons (Fsp3) is 0.727. The zero-order chi connectivity index (χ0) is 9.10. The van der Waals surface area contributed by atoms with Crippen molar-refractivity contribution in [3.63, 3.8) is 0 Å². The maximum Gasteiger partial charge on any atom is 0.159 e. The van der Waals surface area contributed by atoms with Crippen molar-refractivity contribution in [1.29, 1.82) is 0 Å². The van der Waals surface area contributed by atoms with Gasteiger partial charge in [0.25, 0.3) is 0 Å². The molecule has 2 aliphatic rings. The van der Waals surface area contributed by atoms with Crippen LogP contribution in [0.1, 0.15) is 38.5 Å². The zero-order valence-electron chi connectivity index (χ0n) is 7.96. The van der Waals surface area contributed by atoms with Crippen molar-refractivity contribution in [2.24, 2.45) is 5.92 Å². The lowest BCUT2D eigenvalue weighted by Gasteiger charge is -2.31. The van der Waals surface area contributed by atoms with Gasteiger partial charge in [0.2, 0.25) is 0 Å². The Hall–Kier alpha value is -0.790. The van der Waals surface area contributed by atoms with Gasteiger partial charge in [-0.2, -0.15) is 0 Å². The van der Waals surface area contributed by atoms with Gasteiger partial charge >= 0.3 is 0 Å². The smallest absolute Gasteiger partial charge is 0.159 e. The molecule has 2 rings (SSSR count). The second kappa shape index (κ2) is 3.95. The van der Waals surface area contributed by atoms with Gasteiger partial charge in [-0.1, -0.05) is 19.3 Å². The number of nitrogens with one attached hydrogen (secondary N) is 1. The van der Waals surface area contributed by atoms with Crippen molar-refractivity contribution in [3.05, 3.63) is 12.3 Å². The highest BCUT2D eigenvalue weighted by molar-refractivity contribution is 5.90. The average molecular weight is 179 g/mol. The minimum absolute atomic E-state index is 0.286. The molecule has 2 heteroatoms. The van der Waals surface area contributed by atoms with Crippen LogP contribution in [0.25, 0.3) is 0 Å². The lowest BCUT2D eigenvalue weighted by Crippen LogP contribution is -2.38. The van der Waals surface area contributed by atoms with Crippen LogP contribution in [-0.2, 0) is 4.79 Å². The van der Waals surface area contributed by atoms with E-state index in [1.165, 1.54) is 32.1 Å². The van der Waals surface area contributed by atoms with E-state index in [9.17, 15) is 4.79 Å². The van der Waals surface area contributed by atoms with Crippen molar-refractivity contribution < 1.29 is 4.79 Å². The lowest BCUT2D eigenvalue weighted by molar-refractivity contribution is -0.115. The molecule has 1 aliphatic carbocycles. The molecule has 0 saturated heterocycles. The molecule has 1 saturated carbocycles. The third-order valence-electron chi connectivity index (χ3n) is 3.22. The van der Waals surface area contributed by atoms with Gasteiger partial charge in [0.15, 0.2) is 5.78 Å². The first kappa shape index (κ1) is 8.79. The van der Waals surface area contributed by atoms with Crippen LogP contribution in [0.2, 0.25) is 0 Å². The Balaban J connectivity index is 1.92. The number of allylic oxidation sites excluding steroid dienone is 1. The van der Waals surface area contributed by atoms with Crippen LogP contribution < -0.4 is 5.32 Å². The molecule has 0 unspecified atom stereocenters. The fourth-order valence-corrected chi connectivity index (χ4v) is 2.45. The predicted octanol–water partition coefficient (Wildman–Crippen LogP) is 2.01. The summed E-state index contributed by atoms with van der Waals surface area (Å²) in [6.07, 6.45) is 10.9. The first-order valence-corrected chi connectivity index (χ1v) is 5.32. The van der Waals surface area contributed by atoms with Crippen LogP contribution >= 0.6 is 0 Å². The molecule has 1 heterocycles. The Morgan fingerprint density at radius 2 is 2.00 bits per heavy atom. The first-order valence-electron chi connectivity index (χ1n) is 5.32. The summed E-state index contributed by atoms with van der Waals surface area (Å²) in [5.74, 6) is 1.02. The Labute approximate surface area is 79.4 Å². The van der Waals surface area contributed by atoms with Gasteiger partial charge in [-0.3, -0.25) is 4.79 Å². The second-order valence-corrected chi connectivity index (χ2v) is 4.18. The van der Waals surface area contributed by atoms with E-state index in [-0.39, 0.29) is 5.78 Å². The first-order chi connectivity index (χ1) is 6.36. The fourth-order valence-electron chi connectivity index (χ4n) is 2.45. The van der Waals surface area contributed by atoms with Gasteiger partial charge in [-0.15, -0.1) is 0 Å². The Morgan fingerprint density at radius 3 is 2.69 bits per heavy atom.